The van der Waals surface area contributed by atoms with Gasteiger partial charge in [-0.05, 0) is 59.0 Å². The van der Waals surface area contributed by atoms with E-state index in [-0.39, 0.29) is 0 Å². The maximum Gasteiger partial charge on any atom is 0.0485 e. The van der Waals surface area contributed by atoms with Crippen molar-refractivity contribution in [2.75, 3.05) is 4.90 Å². The molecule has 0 fully saturated rings. The zero-order valence-electron chi connectivity index (χ0n) is 20.5. The van der Waals surface area contributed by atoms with E-state index in [1.165, 1.54) is 33.4 Å². The molecule has 0 amide bonds. The molecule has 0 bridgehead atoms. The molecule has 0 aliphatic rings. The van der Waals surface area contributed by atoms with E-state index in [9.17, 15) is 0 Å². The molecule has 0 unspecified atom stereocenters. The van der Waals surface area contributed by atoms with Crippen molar-refractivity contribution in [3.8, 4) is 0 Å². The fraction of sp³-hybridized carbons (Fsp3) is 0.0286. The molecule has 1 heteroatoms. The van der Waals surface area contributed by atoms with E-state index in [1.807, 2.05) is 6.07 Å². The lowest BCUT2D eigenvalue weighted by Crippen LogP contribution is -2.11. The highest BCUT2D eigenvalue weighted by Gasteiger charge is 2.13. The SMILES string of the molecule is Cc1cc(C=Cc2ccccc2)ccc1N(C=C(c1ccccc1)c1ccccc1)c1ccccc1. The molecular formula is C35H29N. The van der Waals surface area contributed by atoms with Gasteiger partial charge in [0.05, 0.1) is 0 Å². The van der Waals surface area contributed by atoms with Crippen LogP contribution in [0, 0.1) is 6.92 Å². The summed E-state index contributed by atoms with van der Waals surface area (Å²) in [4.78, 5) is 2.30. The number of anilines is 2. The van der Waals surface area contributed by atoms with Gasteiger partial charge in [-0.2, -0.15) is 0 Å². The van der Waals surface area contributed by atoms with Crippen molar-refractivity contribution >= 4 is 29.1 Å². The Morgan fingerprint density at radius 3 is 1.58 bits per heavy atom. The highest BCUT2D eigenvalue weighted by Crippen LogP contribution is 2.33. The molecule has 1 nitrogen and oxygen atoms in total. The van der Waals surface area contributed by atoms with Gasteiger partial charge in [-0.25, -0.2) is 0 Å². The van der Waals surface area contributed by atoms with Crippen molar-refractivity contribution in [1.29, 1.82) is 0 Å². The van der Waals surface area contributed by atoms with Gasteiger partial charge in [0.1, 0.15) is 0 Å². The largest absolute Gasteiger partial charge is 0.316 e. The van der Waals surface area contributed by atoms with Crippen molar-refractivity contribution in [2.45, 2.75) is 6.92 Å². The molecule has 5 rings (SSSR count). The fourth-order valence-corrected chi connectivity index (χ4v) is 4.36. The molecule has 36 heavy (non-hydrogen) atoms. The normalized spacial score (nSPS) is 10.8. The predicted octanol–water partition coefficient (Wildman–Crippen LogP) is 9.39. The minimum absolute atomic E-state index is 1.12. The van der Waals surface area contributed by atoms with Crippen molar-refractivity contribution in [1.82, 2.24) is 0 Å². The van der Waals surface area contributed by atoms with Gasteiger partial charge in [0.2, 0.25) is 0 Å². The lowest BCUT2D eigenvalue weighted by atomic mass is 9.98. The van der Waals surface area contributed by atoms with Gasteiger partial charge in [0, 0.05) is 23.1 Å². The van der Waals surface area contributed by atoms with Crippen LogP contribution in [0.2, 0.25) is 0 Å². The van der Waals surface area contributed by atoms with E-state index in [1.54, 1.807) is 0 Å². The summed E-state index contributed by atoms with van der Waals surface area (Å²) >= 11 is 0. The van der Waals surface area contributed by atoms with E-state index >= 15 is 0 Å². The predicted molar refractivity (Wildman–Crippen MR) is 155 cm³/mol. The lowest BCUT2D eigenvalue weighted by Gasteiger charge is -2.25. The number of hydrogen-bond donors (Lipinski definition) is 0. The third-order valence-corrected chi connectivity index (χ3v) is 6.21. The second-order valence-corrected chi connectivity index (χ2v) is 8.77. The molecule has 0 saturated heterocycles. The van der Waals surface area contributed by atoms with Gasteiger partial charge in [0.15, 0.2) is 0 Å². The van der Waals surface area contributed by atoms with Crippen LogP contribution >= 0.6 is 0 Å². The Kier molecular flexibility index (Phi) is 7.20. The van der Waals surface area contributed by atoms with E-state index in [2.05, 4.69) is 164 Å². The van der Waals surface area contributed by atoms with Crippen LogP contribution in [0.1, 0.15) is 27.8 Å². The minimum atomic E-state index is 1.12. The molecule has 0 aliphatic carbocycles. The van der Waals surface area contributed by atoms with Crippen molar-refractivity contribution < 1.29 is 0 Å². The first-order valence-corrected chi connectivity index (χ1v) is 12.3. The standard InChI is InChI=1S/C35H29N/c1-28-26-30(23-22-29-14-6-2-7-15-29)24-25-35(28)36(33-20-12-5-13-21-33)27-34(31-16-8-3-9-17-31)32-18-10-4-11-19-32/h2-27H,1H3. The number of benzene rings is 5. The van der Waals surface area contributed by atoms with Crippen molar-refractivity contribution in [3.63, 3.8) is 0 Å². The molecule has 0 saturated carbocycles. The topological polar surface area (TPSA) is 3.24 Å². The summed E-state index contributed by atoms with van der Waals surface area (Å²) in [5, 5.41) is 0. The summed E-state index contributed by atoms with van der Waals surface area (Å²) in [5.74, 6) is 0. The van der Waals surface area contributed by atoms with Crippen LogP contribution in [0.5, 0.6) is 0 Å². The Morgan fingerprint density at radius 2 is 1.03 bits per heavy atom. The number of rotatable bonds is 7. The molecule has 0 radical (unpaired) electrons. The van der Waals surface area contributed by atoms with Gasteiger partial charge < -0.3 is 4.90 Å². The number of nitrogens with zero attached hydrogens (tertiary/aromatic N) is 1. The summed E-state index contributed by atoms with van der Waals surface area (Å²) in [7, 11) is 0. The van der Waals surface area contributed by atoms with Gasteiger partial charge in [-0.15, -0.1) is 0 Å². The second-order valence-electron chi connectivity index (χ2n) is 8.77. The number of para-hydroxylation sites is 1. The van der Waals surface area contributed by atoms with Gasteiger partial charge >= 0.3 is 0 Å². The van der Waals surface area contributed by atoms with E-state index < -0.39 is 0 Å². The minimum Gasteiger partial charge on any atom is -0.316 e. The summed E-state index contributed by atoms with van der Waals surface area (Å²) in [6, 6.07) is 48.8. The highest BCUT2D eigenvalue weighted by atomic mass is 15.1. The van der Waals surface area contributed by atoms with Crippen LogP contribution in [0.3, 0.4) is 0 Å². The van der Waals surface area contributed by atoms with Crippen LogP contribution in [0.4, 0.5) is 11.4 Å². The summed E-state index contributed by atoms with van der Waals surface area (Å²) in [6.07, 6.45) is 6.60. The number of aryl methyl sites for hydroxylation is 1. The van der Waals surface area contributed by atoms with Gasteiger partial charge in [-0.3, -0.25) is 0 Å². The van der Waals surface area contributed by atoms with Crippen LogP contribution in [0.25, 0.3) is 17.7 Å². The molecule has 0 aliphatic heterocycles. The molecule has 0 heterocycles. The first-order chi connectivity index (χ1) is 17.8. The third-order valence-electron chi connectivity index (χ3n) is 6.21. The summed E-state index contributed by atoms with van der Waals surface area (Å²) in [6.45, 7) is 2.18. The second kappa shape index (κ2) is 11.2. The van der Waals surface area contributed by atoms with E-state index in [4.69, 9.17) is 0 Å². The van der Waals surface area contributed by atoms with Crippen molar-refractivity contribution in [3.05, 3.63) is 174 Å². The maximum absolute atomic E-state index is 2.30. The zero-order valence-corrected chi connectivity index (χ0v) is 20.5. The molecular weight excluding hydrogens is 434 g/mol. The van der Waals surface area contributed by atoms with Crippen LogP contribution in [-0.4, -0.2) is 0 Å². The molecule has 0 spiro atoms. The first kappa shape index (κ1) is 23.1. The van der Waals surface area contributed by atoms with Gasteiger partial charge in [-0.1, -0.05) is 127 Å². The lowest BCUT2D eigenvalue weighted by molar-refractivity contribution is 1.24. The highest BCUT2D eigenvalue weighted by molar-refractivity contribution is 5.84. The Bertz CT molecular complexity index is 1410. The third kappa shape index (κ3) is 5.54. The molecule has 5 aromatic rings. The van der Waals surface area contributed by atoms with Crippen LogP contribution in [0.15, 0.2) is 146 Å². The average molecular weight is 464 g/mol. The van der Waals surface area contributed by atoms with E-state index in [0.717, 1.165) is 11.4 Å². The zero-order chi connectivity index (χ0) is 24.6. The molecule has 0 aromatic heterocycles. The monoisotopic (exact) mass is 463 g/mol. The fourth-order valence-electron chi connectivity index (χ4n) is 4.36. The summed E-state index contributed by atoms with van der Waals surface area (Å²) < 4.78 is 0. The molecule has 5 aromatic carbocycles. The first-order valence-electron chi connectivity index (χ1n) is 12.3. The Balaban J connectivity index is 1.59. The van der Waals surface area contributed by atoms with E-state index in [0.29, 0.717) is 0 Å². The molecule has 174 valence electrons. The Labute approximate surface area is 214 Å². The maximum atomic E-state index is 2.30. The Morgan fingerprint density at radius 1 is 0.528 bits per heavy atom. The average Bonchev–Trinajstić information content (AvgIpc) is 2.95. The summed E-state index contributed by atoms with van der Waals surface area (Å²) in [5.41, 5.74) is 9.42. The molecule has 0 N–H and O–H groups in total. The number of hydrogen-bond acceptors (Lipinski definition) is 1. The van der Waals surface area contributed by atoms with Gasteiger partial charge in [0.25, 0.3) is 0 Å². The van der Waals surface area contributed by atoms with Crippen molar-refractivity contribution in [2.24, 2.45) is 0 Å². The quantitative estimate of drug-likeness (QED) is 0.217. The van der Waals surface area contributed by atoms with Crippen LogP contribution < -0.4 is 4.90 Å². The van der Waals surface area contributed by atoms with Crippen LogP contribution in [-0.2, 0) is 0 Å². The molecule has 0 atom stereocenters. The smallest absolute Gasteiger partial charge is 0.0485 e. The Hall–Kier alpha value is -4.62.